The molecule has 0 amide bonds. The number of aliphatic hydroxyl groups excluding tert-OH is 1. The maximum atomic E-state index is 12.9. The fourth-order valence-corrected chi connectivity index (χ4v) is 3.42. The van der Waals surface area contributed by atoms with E-state index < -0.39 is 32.0 Å². The van der Waals surface area contributed by atoms with Crippen molar-refractivity contribution in [2.75, 3.05) is 6.26 Å². The molecule has 1 aromatic carbocycles. The normalized spacial score (nSPS) is 13.3. The van der Waals surface area contributed by atoms with Crippen LogP contribution in [0.2, 0.25) is 0 Å². The van der Waals surface area contributed by atoms with Crippen LogP contribution in [0.1, 0.15) is 22.4 Å². The minimum absolute atomic E-state index is 0.0327. The second kappa shape index (κ2) is 6.10. The first-order valence-electron chi connectivity index (χ1n) is 6.90. The van der Waals surface area contributed by atoms with Gasteiger partial charge in [0.05, 0.1) is 22.3 Å². The number of nitrogens with one attached hydrogen (secondary N) is 1. The molecule has 0 aliphatic carbocycles. The zero-order chi connectivity index (χ0) is 19.2. The van der Waals surface area contributed by atoms with Gasteiger partial charge in [0, 0.05) is 30.1 Å². The number of hydrogen-bond donors (Lipinski definition) is 2. The van der Waals surface area contributed by atoms with Gasteiger partial charge >= 0.3 is 6.18 Å². The zero-order valence-corrected chi connectivity index (χ0v) is 14.3. The Morgan fingerprint density at radius 3 is 2.32 bits per heavy atom. The molecule has 0 saturated heterocycles. The van der Waals surface area contributed by atoms with E-state index in [1.165, 1.54) is 14.0 Å². The highest BCUT2D eigenvalue weighted by Crippen LogP contribution is 2.35. The molecular weight excluding hydrogens is 361 g/mol. The van der Waals surface area contributed by atoms with Gasteiger partial charge in [-0.15, -0.1) is 0 Å². The third-order valence-corrected chi connectivity index (χ3v) is 4.76. The van der Waals surface area contributed by atoms with Gasteiger partial charge in [0.15, 0.2) is 9.84 Å². The fraction of sp³-hybridized carbons (Fsp3) is 0.267. The van der Waals surface area contributed by atoms with E-state index in [0.29, 0.717) is 24.1 Å². The Kier molecular flexibility index (Phi) is 4.60. The lowest BCUT2D eigenvalue weighted by Gasteiger charge is -2.14. The van der Waals surface area contributed by atoms with Crippen molar-refractivity contribution in [3.63, 3.8) is 0 Å². The molecule has 1 heterocycles. The van der Waals surface area contributed by atoms with E-state index >= 15 is 0 Å². The second-order valence-electron chi connectivity index (χ2n) is 5.50. The van der Waals surface area contributed by atoms with Gasteiger partial charge in [0.25, 0.3) is 5.56 Å². The van der Waals surface area contributed by atoms with E-state index in [1.807, 2.05) is 0 Å². The van der Waals surface area contributed by atoms with E-state index in [4.69, 9.17) is 0 Å². The van der Waals surface area contributed by atoms with E-state index in [0.717, 1.165) is 17.0 Å². The van der Waals surface area contributed by atoms with E-state index in [9.17, 15) is 31.5 Å². The lowest BCUT2D eigenvalue weighted by atomic mass is 9.98. The molecular formula is C15H15F3N2O4S. The summed E-state index contributed by atoms with van der Waals surface area (Å²) in [4.78, 5) is 11.6. The summed E-state index contributed by atoms with van der Waals surface area (Å²) in [5.41, 5.74) is -1.79. The highest BCUT2D eigenvalue weighted by Gasteiger charge is 2.33. The molecule has 0 atom stereocenters. The predicted molar refractivity (Wildman–Crippen MR) is 85.0 cm³/mol. The third kappa shape index (κ3) is 3.48. The molecule has 0 fully saturated rings. The number of sulfone groups is 1. The maximum absolute atomic E-state index is 12.9. The van der Waals surface area contributed by atoms with Crippen molar-refractivity contribution in [3.8, 4) is 0 Å². The number of aliphatic hydroxyl groups is 1. The fourth-order valence-electron chi connectivity index (χ4n) is 2.50. The summed E-state index contributed by atoms with van der Waals surface area (Å²) in [6.07, 6.45) is -3.47. The molecule has 0 spiro atoms. The first-order chi connectivity index (χ1) is 11.4. The summed E-state index contributed by atoms with van der Waals surface area (Å²) >= 11 is 0. The van der Waals surface area contributed by atoms with Crippen LogP contribution in [-0.4, -0.2) is 29.6 Å². The second-order valence-corrected chi connectivity index (χ2v) is 7.48. The number of alkyl halides is 3. The monoisotopic (exact) mass is 376 g/mol. The molecule has 2 aromatic rings. The average Bonchev–Trinajstić information content (AvgIpc) is 2.72. The van der Waals surface area contributed by atoms with Gasteiger partial charge in [-0.2, -0.15) is 13.2 Å². The molecule has 2 rings (SSSR count). The highest BCUT2D eigenvalue weighted by atomic mass is 32.2. The number of aryl methyl sites for hydroxylation is 2. The molecule has 136 valence electrons. The highest BCUT2D eigenvalue weighted by molar-refractivity contribution is 7.90. The van der Waals surface area contributed by atoms with Crippen molar-refractivity contribution >= 4 is 15.4 Å². The number of H-pyrrole nitrogens is 1. The predicted octanol–water partition coefficient (Wildman–Crippen LogP) is 2.39. The Balaban J connectivity index is 2.83. The molecule has 1 aromatic heterocycles. The first-order valence-corrected chi connectivity index (χ1v) is 8.79. The maximum Gasteiger partial charge on any atom is 0.416 e. The Hall–Kier alpha value is -2.49. The smallest absolute Gasteiger partial charge is 0.416 e. The number of aromatic nitrogens is 2. The van der Waals surface area contributed by atoms with Gasteiger partial charge in [-0.05, 0) is 19.1 Å². The lowest BCUT2D eigenvalue weighted by molar-refractivity contribution is -0.137. The van der Waals surface area contributed by atoms with Gasteiger partial charge in [0.1, 0.15) is 0 Å². The summed E-state index contributed by atoms with van der Waals surface area (Å²) in [5.74, 6) is 0. The van der Waals surface area contributed by atoms with Gasteiger partial charge < -0.3 is 5.11 Å². The van der Waals surface area contributed by atoms with Crippen LogP contribution in [-0.2, 0) is 23.1 Å². The van der Waals surface area contributed by atoms with Crippen molar-refractivity contribution < 1.29 is 26.7 Å². The summed E-state index contributed by atoms with van der Waals surface area (Å²) < 4.78 is 63.8. The van der Waals surface area contributed by atoms with Crippen LogP contribution in [0.4, 0.5) is 13.2 Å². The van der Waals surface area contributed by atoms with Crippen LogP contribution in [0, 0.1) is 6.92 Å². The number of aromatic amines is 1. The standard InChI is InChI=1S/C15H15F3N2O4S/c1-8-13(14(22)20(2)19-8)11(7-21)10-5-4-9(15(16,17)18)6-12(10)25(3,23)24/h4-7,19,21H,1-3H3/b11-7+. The average molecular weight is 376 g/mol. The summed E-state index contributed by atoms with van der Waals surface area (Å²) in [6.45, 7) is 1.52. The number of nitrogens with zero attached hydrogens (tertiary/aromatic N) is 1. The summed E-state index contributed by atoms with van der Waals surface area (Å²) in [5, 5.41) is 12.2. The van der Waals surface area contributed by atoms with Crippen molar-refractivity contribution in [3.05, 3.63) is 57.2 Å². The number of benzene rings is 1. The molecule has 0 bridgehead atoms. The lowest BCUT2D eigenvalue weighted by Crippen LogP contribution is -2.16. The van der Waals surface area contributed by atoms with Gasteiger partial charge in [-0.1, -0.05) is 6.07 Å². The van der Waals surface area contributed by atoms with Crippen molar-refractivity contribution in [1.82, 2.24) is 9.78 Å². The van der Waals surface area contributed by atoms with Gasteiger partial charge in [-0.25, -0.2) is 8.42 Å². The molecule has 25 heavy (non-hydrogen) atoms. The van der Waals surface area contributed by atoms with Crippen molar-refractivity contribution in [2.45, 2.75) is 18.0 Å². The quantitative estimate of drug-likeness (QED) is 0.805. The Morgan fingerprint density at radius 2 is 1.92 bits per heavy atom. The topological polar surface area (TPSA) is 92.2 Å². The SMILES string of the molecule is Cc1[nH]n(C)c(=O)c1/C(=C/O)c1ccc(C(F)(F)F)cc1S(C)(=O)=O. The van der Waals surface area contributed by atoms with Crippen LogP contribution < -0.4 is 5.56 Å². The van der Waals surface area contributed by atoms with E-state index in [1.54, 1.807) is 0 Å². The molecule has 6 nitrogen and oxygen atoms in total. The molecule has 0 unspecified atom stereocenters. The summed E-state index contributed by atoms with van der Waals surface area (Å²) in [7, 11) is -2.65. The van der Waals surface area contributed by atoms with Crippen LogP contribution in [0.5, 0.6) is 0 Å². The molecule has 0 saturated carbocycles. The number of rotatable bonds is 3. The van der Waals surface area contributed by atoms with E-state index in [-0.39, 0.29) is 16.7 Å². The number of halogens is 3. The molecule has 10 heteroatoms. The molecule has 0 aliphatic heterocycles. The van der Waals surface area contributed by atoms with Crippen LogP contribution >= 0.6 is 0 Å². The largest absolute Gasteiger partial charge is 0.515 e. The van der Waals surface area contributed by atoms with Crippen molar-refractivity contribution in [2.24, 2.45) is 7.05 Å². The first kappa shape index (κ1) is 18.8. The number of hydrogen-bond acceptors (Lipinski definition) is 4. The zero-order valence-electron chi connectivity index (χ0n) is 13.5. The molecule has 2 N–H and O–H groups in total. The minimum Gasteiger partial charge on any atom is -0.515 e. The van der Waals surface area contributed by atoms with Gasteiger partial charge in [0.2, 0.25) is 0 Å². The van der Waals surface area contributed by atoms with Crippen molar-refractivity contribution in [1.29, 1.82) is 0 Å². The Morgan fingerprint density at radius 1 is 1.32 bits per heavy atom. The molecule has 0 aliphatic rings. The van der Waals surface area contributed by atoms with Crippen LogP contribution in [0.25, 0.3) is 5.57 Å². The van der Waals surface area contributed by atoms with E-state index in [2.05, 4.69) is 5.10 Å². The Bertz CT molecular complexity index is 1010. The summed E-state index contributed by atoms with van der Waals surface area (Å²) in [6, 6.07) is 2.10. The van der Waals surface area contributed by atoms with Crippen LogP contribution in [0.15, 0.2) is 34.2 Å². The third-order valence-electron chi connectivity index (χ3n) is 3.63. The Labute approximate surface area is 141 Å². The van der Waals surface area contributed by atoms with Crippen LogP contribution in [0.3, 0.4) is 0 Å². The van der Waals surface area contributed by atoms with Gasteiger partial charge in [-0.3, -0.25) is 14.6 Å². The molecule has 0 radical (unpaired) electrons. The minimum atomic E-state index is -4.73.